The van der Waals surface area contributed by atoms with Gasteiger partial charge in [-0.25, -0.2) is 9.78 Å². The summed E-state index contributed by atoms with van der Waals surface area (Å²) in [6.45, 7) is 8.15. The van der Waals surface area contributed by atoms with Crippen LogP contribution in [0.15, 0.2) is 46.4 Å². The highest BCUT2D eigenvalue weighted by atomic mass is 32.1. The van der Waals surface area contributed by atoms with E-state index in [1.54, 1.807) is 11.1 Å². The number of aliphatic hydroxyl groups excluding tert-OH is 1. The van der Waals surface area contributed by atoms with Crippen molar-refractivity contribution < 1.29 is 33.8 Å². The molecular weight excluding hydrogens is 697 g/mol. The van der Waals surface area contributed by atoms with Crippen LogP contribution < -0.4 is 5.32 Å². The summed E-state index contributed by atoms with van der Waals surface area (Å²) in [4.78, 5) is 81.9. The van der Waals surface area contributed by atoms with Gasteiger partial charge in [0.25, 0.3) is 0 Å². The number of rotatable bonds is 13. The maximum Gasteiger partial charge on any atom is 0.407 e. The third-order valence-electron chi connectivity index (χ3n) is 10.6. The molecule has 13 nitrogen and oxygen atoms in total. The Hall–Kier alpha value is -4.69. The standard InChI is InChI=1S/C39H48N6O7S/c1-21(2)27(17-26(47)19-46)37(49)44-12-6-8-31(44)30-15-24(18-40-30)35(48)33-16-25(20-53-33)23-10-11-28-29(14-23)42-36(41-28)32-9-7-13-45(32)38(50)34(22(3)4)43-39(51)52-5/h10-11,14,16,18,20-22,27,31-32,34,46H,6-9,12-13,15,17,19H2,1-5H3,(H,41,42)(H,43,51). The number of carbonyl (C=O) groups is 5. The number of ether oxygens (including phenoxy) is 1. The average Bonchev–Trinajstić information content (AvgIpc) is 3.99. The molecule has 3 aromatic rings. The average molecular weight is 745 g/mol. The fraction of sp³-hybridized carbons (Fsp3) is 0.513. The van der Waals surface area contributed by atoms with Crippen molar-refractivity contribution in [3.8, 4) is 11.1 Å². The first-order valence-corrected chi connectivity index (χ1v) is 19.2. The first-order chi connectivity index (χ1) is 25.4. The molecular formula is C39H48N6O7S. The number of Topliss-reactive ketones (excluding diaryl/α,β-unsaturated/α-hetero) is 2. The number of thiophene rings is 1. The molecule has 1 aromatic carbocycles. The second-order valence-corrected chi connectivity index (χ2v) is 15.7. The number of carbonyl (C=O) groups excluding carboxylic acids is 5. The summed E-state index contributed by atoms with van der Waals surface area (Å²) >= 11 is 1.37. The number of benzene rings is 1. The van der Waals surface area contributed by atoms with E-state index in [0.717, 1.165) is 53.6 Å². The molecule has 0 saturated carbocycles. The van der Waals surface area contributed by atoms with Crippen LogP contribution in [0, 0.1) is 17.8 Å². The summed E-state index contributed by atoms with van der Waals surface area (Å²) in [6.07, 6.45) is 4.49. The van der Waals surface area contributed by atoms with Gasteiger partial charge in [0.05, 0.1) is 35.1 Å². The number of H-pyrrole nitrogens is 1. The van der Waals surface area contributed by atoms with Crippen LogP contribution in [-0.2, 0) is 19.1 Å². The van der Waals surface area contributed by atoms with Crippen molar-refractivity contribution >= 4 is 57.6 Å². The van der Waals surface area contributed by atoms with Gasteiger partial charge >= 0.3 is 6.09 Å². The zero-order chi connectivity index (χ0) is 38.0. The third-order valence-corrected chi connectivity index (χ3v) is 11.5. The van der Waals surface area contributed by atoms with Crippen molar-refractivity contribution in [2.45, 2.75) is 84.3 Å². The Balaban J connectivity index is 1.12. The lowest BCUT2D eigenvalue weighted by molar-refractivity contribution is -0.140. The van der Waals surface area contributed by atoms with Crippen LogP contribution in [0.3, 0.4) is 0 Å². The van der Waals surface area contributed by atoms with E-state index >= 15 is 0 Å². The van der Waals surface area contributed by atoms with E-state index in [9.17, 15) is 29.1 Å². The number of aliphatic imine (C=N–C) groups is 1. The molecule has 3 aliphatic heterocycles. The minimum absolute atomic E-state index is 0.0104. The predicted molar refractivity (Wildman–Crippen MR) is 201 cm³/mol. The number of hydrogen-bond donors (Lipinski definition) is 3. The topological polar surface area (TPSA) is 174 Å². The van der Waals surface area contributed by atoms with Crippen molar-refractivity contribution in [3.63, 3.8) is 0 Å². The van der Waals surface area contributed by atoms with Crippen LogP contribution in [0.25, 0.3) is 22.2 Å². The number of ketones is 2. The largest absolute Gasteiger partial charge is 0.453 e. The van der Waals surface area contributed by atoms with Crippen molar-refractivity contribution in [1.82, 2.24) is 25.1 Å². The van der Waals surface area contributed by atoms with Crippen molar-refractivity contribution in [3.05, 3.63) is 52.1 Å². The minimum atomic E-state index is -0.715. The van der Waals surface area contributed by atoms with E-state index in [1.807, 2.05) is 62.2 Å². The summed E-state index contributed by atoms with van der Waals surface area (Å²) in [7, 11) is 1.28. The number of hydrogen-bond acceptors (Lipinski definition) is 10. The molecule has 0 bridgehead atoms. The number of nitrogens with zero attached hydrogens (tertiary/aromatic N) is 4. The molecule has 4 unspecified atom stereocenters. The van der Waals surface area contributed by atoms with E-state index < -0.39 is 24.7 Å². The van der Waals surface area contributed by atoms with Crippen LogP contribution in [0.2, 0.25) is 0 Å². The molecule has 14 heteroatoms. The maximum atomic E-state index is 13.7. The van der Waals surface area contributed by atoms with Gasteiger partial charge in [-0.2, -0.15) is 0 Å². The molecule has 6 rings (SSSR count). The Morgan fingerprint density at radius 2 is 1.70 bits per heavy atom. The Morgan fingerprint density at radius 3 is 2.38 bits per heavy atom. The number of likely N-dealkylation sites (tertiary alicyclic amines) is 2. The van der Waals surface area contributed by atoms with Crippen molar-refractivity contribution in [1.29, 1.82) is 0 Å². The Bertz CT molecular complexity index is 1960. The summed E-state index contributed by atoms with van der Waals surface area (Å²) in [5.41, 5.74) is 4.76. The van der Waals surface area contributed by atoms with Crippen LogP contribution in [0.4, 0.5) is 4.79 Å². The minimum Gasteiger partial charge on any atom is -0.453 e. The molecule has 4 atom stereocenters. The predicted octanol–water partition coefficient (Wildman–Crippen LogP) is 5.46. The first-order valence-electron chi connectivity index (χ1n) is 18.4. The van der Waals surface area contributed by atoms with Gasteiger partial charge in [-0.15, -0.1) is 11.3 Å². The fourth-order valence-electron chi connectivity index (χ4n) is 7.62. The molecule has 2 saturated heterocycles. The molecule has 3 aliphatic rings. The number of aromatic nitrogens is 2. The van der Waals surface area contributed by atoms with Crippen LogP contribution in [-0.4, -0.2) is 98.9 Å². The third kappa shape index (κ3) is 7.98. The van der Waals surface area contributed by atoms with Crippen LogP contribution >= 0.6 is 11.3 Å². The van der Waals surface area contributed by atoms with Gasteiger partial charge in [0.2, 0.25) is 17.6 Å². The number of alkyl carbamates (subject to hydrolysis) is 1. The van der Waals surface area contributed by atoms with Gasteiger partial charge < -0.3 is 29.9 Å². The smallest absolute Gasteiger partial charge is 0.407 e. The zero-order valence-electron chi connectivity index (χ0n) is 30.9. The zero-order valence-corrected chi connectivity index (χ0v) is 31.7. The molecule has 282 valence electrons. The Morgan fingerprint density at radius 1 is 0.981 bits per heavy atom. The van der Waals surface area contributed by atoms with E-state index in [0.29, 0.717) is 35.8 Å². The lowest BCUT2D eigenvalue weighted by Gasteiger charge is -2.30. The number of aliphatic hydroxyl groups is 1. The maximum absolute atomic E-state index is 13.7. The van der Waals surface area contributed by atoms with E-state index in [2.05, 4.69) is 15.3 Å². The van der Waals surface area contributed by atoms with Crippen LogP contribution in [0.1, 0.15) is 87.8 Å². The normalized spacial score (nSPS) is 19.8. The van der Waals surface area contributed by atoms with Crippen molar-refractivity contribution in [2.75, 3.05) is 26.8 Å². The molecule has 2 fully saturated rings. The summed E-state index contributed by atoms with van der Waals surface area (Å²) in [6, 6.07) is 6.60. The number of aromatic amines is 1. The Labute approximate surface area is 312 Å². The molecule has 2 aromatic heterocycles. The molecule has 0 aliphatic carbocycles. The molecule has 0 radical (unpaired) electrons. The van der Waals surface area contributed by atoms with E-state index in [4.69, 9.17) is 9.72 Å². The number of imidazole rings is 1. The number of nitrogens with one attached hydrogen (secondary N) is 2. The van der Waals surface area contributed by atoms with Crippen molar-refractivity contribution in [2.24, 2.45) is 22.7 Å². The summed E-state index contributed by atoms with van der Waals surface area (Å²) in [5.74, 6) is -0.713. The highest BCUT2D eigenvalue weighted by Gasteiger charge is 2.40. The second-order valence-electron chi connectivity index (χ2n) is 14.8. The first kappa shape index (κ1) is 38.0. The van der Waals surface area contributed by atoms with E-state index in [1.165, 1.54) is 18.4 Å². The Kier molecular flexibility index (Phi) is 11.6. The molecule has 0 spiro atoms. The lowest BCUT2D eigenvalue weighted by atomic mass is 9.89. The van der Waals surface area contributed by atoms with E-state index in [-0.39, 0.29) is 53.7 Å². The van der Waals surface area contributed by atoms with Crippen LogP contribution in [0.5, 0.6) is 0 Å². The molecule has 3 N–H and O–H groups in total. The lowest BCUT2D eigenvalue weighted by Crippen LogP contribution is -2.51. The number of amides is 3. The number of methoxy groups -OCH3 is 1. The fourth-order valence-corrected chi connectivity index (χ4v) is 8.51. The number of fused-ring (bicyclic) bond motifs is 1. The molecule has 5 heterocycles. The van der Waals surface area contributed by atoms with Gasteiger partial charge in [-0.3, -0.25) is 24.2 Å². The molecule has 53 heavy (non-hydrogen) atoms. The SMILES string of the molecule is COC(=O)NC(C(=O)N1CCCC1c1nc2ccc(-c3csc(C(=O)C4=CN=C(C5CCCN5C(=O)C(CC(=O)CO)C(C)C)C4)c3)cc2[nH]1)C(C)C. The molecule has 3 amide bonds. The quantitative estimate of drug-likeness (QED) is 0.194. The summed E-state index contributed by atoms with van der Waals surface area (Å²) < 4.78 is 4.75. The van der Waals surface area contributed by atoms with Gasteiger partial charge in [0.1, 0.15) is 18.5 Å². The monoisotopic (exact) mass is 744 g/mol. The second kappa shape index (κ2) is 16.1. The van der Waals surface area contributed by atoms with Gasteiger partial charge in [0, 0.05) is 49.3 Å². The van der Waals surface area contributed by atoms with Gasteiger partial charge in [-0.05, 0) is 72.2 Å². The van der Waals surface area contributed by atoms with Gasteiger partial charge in [-0.1, -0.05) is 33.8 Å². The highest BCUT2D eigenvalue weighted by molar-refractivity contribution is 7.12. The number of allylic oxidation sites excluding steroid dienone is 1. The summed E-state index contributed by atoms with van der Waals surface area (Å²) in [5, 5.41) is 13.9. The van der Waals surface area contributed by atoms with Gasteiger partial charge in [0.15, 0.2) is 5.78 Å². The highest BCUT2D eigenvalue weighted by Crippen LogP contribution is 2.36.